The van der Waals surface area contributed by atoms with Crippen LogP contribution in [0.25, 0.3) is 0 Å². The summed E-state index contributed by atoms with van der Waals surface area (Å²) in [7, 11) is 0. The van der Waals surface area contributed by atoms with Crippen LogP contribution in [-0.4, -0.2) is 23.0 Å². The number of anilines is 1. The van der Waals surface area contributed by atoms with Crippen molar-refractivity contribution < 1.29 is 18.9 Å². The van der Waals surface area contributed by atoms with Gasteiger partial charge in [0.1, 0.15) is 11.7 Å². The maximum Gasteiger partial charge on any atom is 0.284 e. The first kappa shape index (κ1) is 20.2. The molecule has 27 heavy (non-hydrogen) atoms. The fourth-order valence-corrected chi connectivity index (χ4v) is 2.33. The monoisotopic (exact) mass is 436 g/mol. The Morgan fingerprint density at radius 1 is 1.26 bits per heavy atom. The molecule has 0 saturated heterocycles. The Morgan fingerprint density at radius 2 is 1.96 bits per heavy atom. The van der Waals surface area contributed by atoms with Crippen LogP contribution in [0.4, 0.5) is 15.8 Å². The number of nitro groups is 1. The Morgan fingerprint density at radius 3 is 2.63 bits per heavy atom. The molecule has 0 bridgehead atoms. The number of rotatable bonds is 6. The van der Waals surface area contributed by atoms with E-state index < -0.39 is 28.5 Å². The van der Waals surface area contributed by atoms with E-state index in [4.69, 9.17) is 0 Å². The van der Waals surface area contributed by atoms with Crippen LogP contribution >= 0.6 is 15.9 Å². The summed E-state index contributed by atoms with van der Waals surface area (Å²) in [5.74, 6) is -3.17. The average molecular weight is 437 g/mol. The number of nitro benzene ring substituents is 1. The quantitative estimate of drug-likeness (QED) is 0.313. The number of hydrogen-bond donors (Lipinski definition) is 2. The van der Waals surface area contributed by atoms with E-state index in [1.54, 1.807) is 12.1 Å². The van der Waals surface area contributed by atoms with Crippen molar-refractivity contribution in [2.24, 2.45) is 11.0 Å². The molecule has 0 aliphatic heterocycles. The Labute approximate surface area is 161 Å². The highest BCUT2D eigenvalue weighted by Crippen LogP contribution is 2.24. The Balaban J connectivity index is 1.97. The third kappa shape index (κ3) is 5.42. The number of carbonyl (C=O) groups is 2. The van der Waals surface area contributed by atoms with E-state index in [9.17, 15) is 24.1 Å². The standard InChI is InChI=1S/C17H14BrFN4O4/c1-10(16(24)21-14-5-3-2-4-13(14)19)17(25)22-20-9-11-6-7-12(18)15(8-11)23(26)27/h2-10H,1H3,(H,21,24)(H,22,25). The summed E-state index contributed by atoms with van der Waals surface area (Å²) in [4.78, 5) is 34.3. The predicted octanol–water partition coefficient (Wildman–Crippen LogP) is 3.22. The van der Waals surface area contributed by atoms with Gasteiger partial charge in [0.05, 0.1) is 21.3 Å². The number of nitrogens with zero attached hydrogens (tertiary/aromatic N) is 2. The Bertz CT molecular complexity index is 920. The minimum atomic E-state index is -1.14. The first-order valence-electron chi connectivity index (χ1n) is 7.62. The van der Waals surface area contributed by atoms with E-state index in [1.807, 2.05) is 0 Å². The van der Waals surface area contributed by atoms with Crippen LogP contribution in [0.1, 0.15) is 12.5 Å². The average Bonchev–Trinajstić information content (AvgIpc) is 2.63. The van der Waals surface area contributed by atoms with Gasteiger partial charge in [-0.15, -0.1) is 0 Å². The van der Waals surface area contributed by atoms with Gasteiger partial charge in [-0.2, -0.15) is 5.10 Å². The minimum absolute atomic E-state index is 0.0344. The Hall–Kier alpha value is -3.14. The molecule has 0 radical (unpaired) electrons. The molecule has 0 heterocycles. The molecule has 0 aliphatic carbocycles. The fraction of sp³-hybridized carbons (Fsp3) is 0.118. The van der Waals surface area contributed by atoms with Crippen molar-refractivity contribution in [3.05, 3.63) is 68.4 Å². The highest BCUT2D eigenvalue weighted by Gasteiger charge is 2.22. The molecule has 2 amide bonds. The Kier molecular flexibility index (Phi) is 6.72. The highest BCUT2D eigenvalue weighted by molar-refractivity contribution is 9.10. The summed E-state index contributed by atoms with van der Waals surface area (Å²) >= 11 is 3.06. The fourth-order valence-electron chi connectivity index (χ4n) is 1.94. The van der Waals surface area contributed by atoms with Gasteiger partial charge in [-0.25, -0.2) is 9.82 Å². The first-order valence-corrected chi connectivity index (χ1v) is 8.41. The van der Waals surface area contributed by atoms with Crippen molar-refractivity contribution in [2.75, 3.05) is 5.32 Å². The van der Waals surface area contributed by atoms with Crippen LogP contribution in [0.3, 0.4) is 0 Å². The molecule has 0 spiro atoms. The SMILES string of the molecule is CC(C(=O)NN=Cc1ccc(Br)c([N+](=O)[O-])c1)C(=O)Nc1ccccc1F. The van der Waals surface area contributed by atoms with Gasteiger partial charge in [0.2, 0.25) is 5.91 Å². The molecule has 8 nitrogen and oxygen atoms in total. The maximum absolute atomic E-state index is 13.5. The number of halogens is 2. The second kappa shape index (κ2) is 8.99. The number of hydrazone groups is 1. The number of amides is 2. The van der Waals surface area contributed by atoms with E-state index in [0.29, 0.717) is 10.0 Å². The third-order valence-electron chi connectivity index (χ3n) is 3.47. The zero-order valence-corrected chi connectivity index (χ0v) is 15.6. The van der Waals surface area contributed by atoms with E-state index in [-0.39, 0.29) is 11.4 Å². The molecular formula is C17H14BrFN4O4. The molecule has 2 N–H and O–H groups in total. The van der Waals surface area contributed by atoms with Crippen molar-refractivity contribution in [3.63, 3.8) is 0 Å². The van der Waals surface area contributed by atoms with Gasteiger partial charge in [0, 0.05) is 11.6 Å². The molecule has 0 aliphatic rings. The molecule has 2 rings (SSSR count). The summed E-state index contributed by atoms with van der Waals surface area (Å²) in [5, 5.41) is 16.9. The van der Waals surface area contributed by atoms with Gasteiger partial charge in [-0.1, -0.05) is 18.2 Å². The highest BCUT2D eigenvalue weighted by atomic mass is 79.9. The molecule has 0 saturated carbocycles. The summed E-state index contributed by atoms with van der Waals surface area (Å²) in [6.45, 7) is 1.34. The number of hydrogen-bond acceptors (Lipinski definition) is 5. The third-order valence-corrected chi connectivity index (χ3v) is 4.14. The lowest BCUT2D eigenvalue weighted by atomic mass is 10.1. The predicted molar refractivity (Wildman–Crippen MR) is 101 cm³/mol. The van der Waals surface area contributed by atoms with Crippen molar-refractivity contribution in [1.82, 2.24) is 5.43 Å². The lowest BCUT2D eigenvalue weighted by Gasteiger charge is -2.11. The van der Waals surface area contributed by atoms with Crippen LogP contribution < -0.4 is 10.7 Å². The molecule has 2 aromatic carbocycles. The van der Waals surface area contributed by atoms with E-state index in [2.05, 4.69) is 31.8 Å². The smallest absolute Gasteiger partial charge is 0.284 e. The molecule has 1 atom stereocenters. The number of benzene rings is 2. The first-order chi connectivity index (χ1) is 12.8. The van der Waals surface area contributed by atoms with Crippen LogP contribution in [0, 0.1) is 21.8 Å². The summed E-state index contributed by atoms with van der Waals surface area (Å²) in [5.41, 5.74) is 2.37. The molecule has 140 valence electrons. The zero-order chi connectivity index (χ0) is 20.0. The minimum Gasteiger partial charge on any atom is -0.323 e. The van der Waals surface area contributed by atoms with Gasteiger partial charge in [-0.3, -0.25) is 19.7 Å². The number of carbonyl (C=O) groups excluding carboxylic acids is 2. The normalized spacial score (nSPS) is 11.8. The van der Waals surface area contributed by atoms with Gasteiger partial charge in [0.25, 0.3) is 11.6 Å². The maximum atomic E-state index is 13.5. The van der Waals surface area contributed by atoms with Crippen LogP contribution in [0.15, 0.2) is 52.0 Å². The number of nitrogens with one attached hydrogen (secondary N) is 2. The topological polar surface area (TPSA) is 114 Å². The lowest BCUT2D eigenvalue weighted by molar-refractivity contribution is -0.385. The van der Waals surface area contributed by atoms with Crippen molar-refractivity contribution in [3.8, 4) is 0 Å². The summed E-state index contributed by atoms with van der Waals surface area (Å²) in [6.07, 6.45) is 1.21. The van der Waals surface area contributed by atoms with Gasteiger partial charge in [0.15, 0.2) is 0 Å². The van der Waals surface area contributed by atoms with Crippen LogP contribution in [0.2, 0.25) is 0 Å². The molecule has 0 aromatic heterocycles. The molecule has 10 heteroatoms. The number of para-hydroxylation sites is 1. The molecule has 1 unspecified atom stereocenters. The van der Waals surface area contributed by atoms with E-state index in [0.717, 1.165) is 0 Å². The summed E-state index contributed by atoms with van der Waals surface area (Å²) < 4.78 is 13.8. The van der Waals surface area contributed by atoms with Crippen molar-refractivity contribution in [2.45, 2.75) is 6.92 Å². The van der Waals surface area contributed by atoms with Gasteiger partial charge < -0.3 is 5.32 Å². The largest absolute Gasteiger partial charge is 0.323 e. The molecule has 0 fully saturated rings. The van der Waals surface area contributed by atoms with Gasteiger partial charge in [-0.05, 0) is 41.1 Å². The van der Waals surface area contributed by atoms with Crippen LogP contribution in [-0.2, 0) is 9.59 Å². The summed E-state index contributed by atoms with van der Waals surface area (Å²) in [6, 6.07) is 9.88. The second-order valence-electron chi connectivity index (χ2n) is 5.39. The van der Waals surface area contributed by atoms with Crippen LogP contribution in [0.5, 0.6) is 0 Å². The van der Waals surface area contributed by atoms with Crippen molar-refractivity contribution in [1.29, 1.82) is 0 Å². The van der Waals surface area contributed by atoms with Gasteiger partial charge >= 0.3 is 0 Å². The van der Waals surface area contributed by atoms with Crippen molar-refractivity contribution >= 4 is 45.3 Å². The van der Waals surface area contributed by atoms with E-state index >= 15 is 0 Å². The lowest BCUT2D eigenvalue weighted by Crippen LogP contribution is -2.34. The zero-order valence-electron chi connectivity index (χ0n) is 14.0. The molecular weight excluding hydrogens is 423 g/mol. The second-order valence-corrected chi connectivity index (χ2v) is 6.25. The van der Waals surface area contributed by atoms with E-state index in [1.165, 1.54) is 43.5 Å². The molecule has 2 aromatic rings.